The molecule has 0 saturated heterocycles. The molecule has 1 unspecified atom stereocenters. The molecule has 0 spiro atoms. The first-order valence-electron chi connectivity index (χ1n) is 12.0. The Hall–Kier alpha value is -3.31. The second-order valence-electron chi connectivity index (χ2n) is 8.80. The Labute approximate surface area is 213 Å². The summed E-state index contributed by atoms with van der Waals surface area (Å²) in [6.45, 7) is 6.00. The van der Waals surface area contributed by atoms with Crippen molar-refractivity contribution in [2.24, 2.45) is 0 Å². The summed E-state index contributed by atoms with van der Waals surface area (Å²) >= 11 is 6.06. The minimum Gasteiger partial charge on any atom is -0.484 e. The van der Waals surface area contributed by atoms with E-state index < -0.39 is 6.04 Å². The maximum Gasteiger partial charge on any atom is 0.261 e. The molecule has 0 heterocycles. The van der Waals surface area contributed by atoms with Gasteiger partial charge < -0.3 is 15.0 Å². The van der Waals surface area contributed by atoms with Gasteiger partial charge in [0.1, 0.15) is 11.8 Å². The number of halogens is 1. The molecule has 0 fully saturated rings. The van der Waals surface area contributed by atoms with Gasteiger partial charge in [0.15, 0.2) is 6.61 Å². The van der Waals surface area contributed by atoms with E-state index in [9.17, 15) is 9.59 Å². The second kappa shape index (κ2) is 13.0. The smallest absolute Gasteiger partial charge is 0.261 e. The fourth-order valence-corrected chi connectivity index (χ4v) is 3.90. The van der Waals surface area contributed by atoms with Crippen LogP contribution in [-0.2, 0) is 29.0 Å². The summed E-state index contributed by atoms with van der Waals surface area (Å²) in [6, 6.07) is 24.0. The highest BCUT2D eigenvalue weighted by Gasteiger charge is 2.31. The molecule has 0 saturated carbocycles. The Kier molecular flexibility index (Phi) is 9.74. The van der Waals surface area contributed by atoms with Gasteiger partial charge in [0.25, 0.3) is 5.91 Å². The van der Waals surface area contributed by atoms with Gasteiger partial charge in [0, 0.05) is 24.0 Å². The molecule has 3 aromatic rings. The number of nitrogens with zero attached hydrogens (tertiary/aromatic N) is 1. The van der Waals surface area contributed by atoms with Crippen molar-refractivity contribution < 1.29 is 14.3 Å². The second-order valence-corrected chi connectivity index (χ2v) is 9.24. The van der Waals surface area contributed by atoms with Crippen LogP contribution < -0.4 is 10.1 Å². The Bertz CT molecular complexity index is 1080. The number of aryl methyl sites for hydroxylation is 1. The summed E-state index contributed by atoms with van der Waals surface area (Å²) in [5.41, 5.74) is 3.05. The maximum absolute atomic E-state index is 13.5. The molecule has 0 radical (unpaired) electrons. The van der Waals surface area contributed by atoms with E-state index in [-0.39, 0.29) is 31.0 Å². The summed E-state index contributed by atoms with van der Waals surface area (Å²) in [5, 5.41) is 3.60. The third-order valence-electron chi connectivity index (χ3n) is 5.66. The molecule has 0 aliphatic carbocycles. The van der Waals surface area contributed by atoms with E-state index in [1.807, 2.05) is 80.6 Å². The number of hydrogen-bond acceptors (Lipinski definition) is 3. The van der Waals surface area contributed by atoms with Crippen LogP contribution in [0.25, 0.3) is 0 Å². The maximum atomic E-state index is 13.5. The van der Waals surface area contributed by atoms with Crippen molar-refractivity contribution >= 4 is 23.4 Å². The first-order chi connectivity index (χ1) is 16.9. The molecule has 3 rings (SSSR count). The molecule has 1 N–H and O–H groups in total. The Balaban J connectivity index is 1.87. The third kappa shape index (κ3) is 8.15. The van der Waals surface area contributed by atoms with Gasteiger partial charge in [-0.05, 0) is 61.2 Å². The first kappa shape index (κ1) is 26.3. The number of carbonyl (C=O) groups excluding carboxylic acids is 2. The highest BCUT2D eigenvalue weighted by atomic mass is 35.5. The van der Waals surface area contributed by atoms with Crippen LogP contribution >= 0.6 is 11.6 Å². The van der Waals surface area contributed by atoms with Gasteiger partial charge in [-0.25, -0.2) is 0 Å². The molecule has 0 bridgehead atoms. The van der Waals surface area contributed by atoms with Crippen LogP contribution in [0.1, 0.15) is 37.5 Å². The third-order valence-corrected chi connectivity index (χ3v) is 5.91. The van der Waals surface area contributed by atoms with E-state index in [0.29, 0.717) is 17.2 Å². The minimum absolute atomic E-state index is 0.0541. The van der Waals surface area contributed by atoms with Gasteiger partial charge in [-0.2, -0.15) is 0 Å². The van der Waals surface area contributed by atoms with Crippen LogP contribution in [-0.4, -0.2) is 35.4 Å². The molecule has 1 atom stereocenters. The van der Waals surface area contributed by atoms with E-state index in [0.717, 1.165) is 17.5 Å². The zero-order chi connectivity index (χ0) is 25.2. The molecule has 0 aromatic heterocycles. The van der Waals surface area contributed by atoms with Crippen LogP contribution in [0, 0.1) is 0 Å². The fraction of sp³-hybridized carbons (Fsp3) is 0.310. The topological polar surface area (TPSA) is 58.6 Å². The minimum atomic E-state index is -0.700. The summed E-state index contributed by atoms with van der Waals surface area (Å²) in [6.07, 6.45) is 1.32. The van der Waals surface area contributed by atoms with Crippen LogP contribution in [0.4, 0.5) is 0 Å². The Morgan fingerprint density at radius 1 is 0.886 bits per heavy atom. The number of carbonyl (C=O) groups is 2. The molecule has 0 aliphatic rings. The van der Waals surface area contributed by atoms with E-state index in [1.165, 1.54) is 5.56 Å². The molecule has 2 amide bonds. The SMILES string of the molecule is CCc1ccc(OCC(=O)N(Cc2ccc(Cl)cc2)C(Cc2ccccc2)C(=O)NC(C)C)cc1. The van der Waals surface area contributed by atoms with E-state index >= 15 is 0 Å². The van der Waals surface area contributed by atoms with Gasteiger partial charge in [-0.15, -0.1) is 0 Å². The number of hydrogen-bond donors (Lipinski definition) is 1. The number of amides is 2. The van der Waals surface area contributed by atoms with Gasteiger partial charge in [0.05, 0.1) is 0 Å². The quantitative estimate of drug-likeness (QED) is 0.387. The molecule has 184 valence electrons. The van der Waals surface area contributed by atoms with Crippen molar-refractivity contribution in [3.63, 3.8) is 0 Å². The average Bonchev–Trinajstić information content (AvgIpc) is 2.86. The van der Waals surface area contributed by atoms with Gasteiger partial charge >= 0.3 is 0 Å². The zero-order valence-electron chi connectivity index (χ0n) is 20.5. The molecular weight excluding hydrogens is 460 g/mol. The Morgan fingerprint density at radius 2 is 1.51 bits per heavy atom. The lowest BCUT2D eigenvalue weighted by molar-refractivity contribution is -0.143. The number of rotatable bonds is 11. The van der Waals surface area contributed by atoms with E-state index in [2.05, 4.69) is 12.2 Å². The number of ether oxygens (including phenoxy) is 1. The molecule has 3 aromatic carbocycles. The summed E-state index contributed by atoms with van der Waals surface area (Å²) in [7, 11) is 0. The monoisotopic (exact) mass is 492 g/mol. The molecule has 5 nitrogen and oxygen atoms in total. The van der Waals surface area contributed by atoms with Gasteiger partial charge in [-0.3, -0.25) is 9.59 Å². The molecule has 35 heavy (non-hydrogen) atoms. The van der Waals surface area contributed by atoms with Crippen molar-refractivity contribution in [3.05, 3.63) is 101 Å². The van der Waals surface area contributed by atoms with Crippen molar-refractivity contribution in [1.29, 1.82) is 0 Å². The summed E-state index contributed by atoms with van der Waals surface area (Å²) < 4.78 is 5.82. The summed E-state index contributed by atoms with van der Waals surface area (Å²) in [5.74, 6) is 0.158. The van der Waals surface area contributed by atoms with Crippen LogP contribution in [0.2, 0.25) is 5.02 Å². The average molecular weight is 493 g/mol. The normalized spacial score (nSPS) is 11.7. The summed E-state index contributed by atoms with van der Waals surface area (Å²) in [4.78, 5) is 28.5. The van der Waals surface area contributed by atoms with Crippen LogP contribution in [0.5, 0.6) is 5.75 Å². The van der Waals surface area contributed by atoms with E-state index in [1.54, 1.807) is 17.0 Å². The number of benzene rings is 3. The largest absolute Gasteiger partial charge is 0.484 e. The first-order valence-corrected chi connectivity index (χ1v) is 12.3. The van der Waals surface area contributed by atoms with E-state index in [4.69, 9.17) is 16.3 Å². The van der Waals surface area contributed by atoms with Crippen LogP contribution in [0.3, 0.4) is 0 Å². The predicted octanol–water partition coefficient (Wildman–Crippen LogP) is 5.45. The molecular formula is C29H33ClN2O3. The fourth-order valence-electron chi connectivity index (χ4n) is 3.77. The van der Waals surface area contributed by atoms with Crippen molar-refractivity contribution in [2.45, 2.75) is 52.2 Å². The lowest BCUT2D eigenvalue weighted by Gasteiger charge is -2.32. The Morgan fingerprint density at radius 3 is 2.11 bits per heavy atom. The standard InChI is InChI=1S/C29H33ClN2O3/c1-4-22-12-16-26(17-13-22)35-20-28(33)32(19-24-10-14-25(30)15-11-24)27(29(34)31-21(2)3)18-23-8-6-5-7-9-23/h5-17,21,27H,4,18-20H2,1-3H3,(H,31,34). The highest BCUT2D eigenvalue weighted by Crippen LogP contribution is 2.18. The molecule has 6 heteroatoms. The van der Waals surface area contributed by atoms with Crippen LogP contribution in [0.15, 0.2) is 78.9 Å². The highest BCUT2D eigenvalue weighted by molar-refractivity contribution is 6.30. The lowest BCUT2D eigenvalue weighted by Crippen LogP contribution is -2.52. The lowest BCUT2D eigenvalue weighted by atomic mass is 10.0. The zero-order valence-corrected chi connectivity index (χ0v) is 21.3. The molecule has 0 aliphatic heterocycles. The van der Waals surface area contributed by atoms with Crippen molar-refractivity contribution in [2.75, 3.05) is 6.61 Å². The van der Waals surface area contributed by atoms with Gasteiger partial charge in [0.2, 0.25) is 5.91 Å². The van der Waals surface area contributed by atoms with Crippen molar-refractivity contribution in [1.82, 2.24) is 10.2 Å². The number of nitrogens with one attached hydrogen (secondary N) is 1. The van der Waals surface area contributed by atoms with Gasteiger partial charge in [-0.1, -0.05) is 73.1 Å². The van der Waals surface area contributed by atoms with Crippen molar-refractivity contribution in [3.8, 4) is 5.75 Å². The predicted molar refractivity (Wildman–Crippen MR) is 141 cm³/mol.